The molecular formula is C25H25NS. The second-order valence-corrected chi connectivity index (χ2v) is 7.15. The lowest BCUT2D eigenvalue weighted by Gasteiger charge is -2.27. The van der Waals surface area contributed by atoms with Crippen molar-refractivity contribution in [1.29, 1.82) is 0 Å². The molecule has 0 aliphatic heterocycles. The number of benzene rings is 3. The smallest absolute Gasteiger partial charge is 0.0491 e. The highest BCUT2D eigenvalue weighted by molar-refractivity contribution is 7.80. The zero-order valence-electron chi connectivity index (χ0n) is 16.1. The third kappa shape index (κ3) is 4.17. The van der Waals surface area contributed by atoms with Gasteiger partial charge in [0.1, 0.15) is 0 Å². The molecule has 0 aliphatic rings. The minimum absolute atomic E-state index is 0.971. The van der Waals surface area contributed by atoms with Crippen LogP contribution in [0.15, 0.2) is 90.4 Å². The Kier molecular flexibility index (Phi) is 5.88. The maximum absolute atomic E-state index is 4.48. The van der Waals surface area contributed by atoms with E-state index in [-0.39, 0.29) is 0 Å². The van der Waals surface area contributed by atoms with Crippen molar-refractivity contribution in [1.82, 2.24) is 0 Å². The molecule has 0 aliphatic carbocycles. The Balaban J connectivity index is 2.12. The highest BCUT2D eigenvalue weighted by Crippen LogP contribution is 2.37. The Morgan fingerprint density at radius 3 is 2.00 bits per heavy atom. The highest BCUT2D eigenvalue weighted by Gasteiger charge is 2.14. The van der Waals surface area contributed by atoms with E-state index >= 15 is 0 Å². The molecular weight excluding hydrogens is 346 g/mol. The summed E-state index contributed by atoms with van der Waals surface area (Å²) in [5, 5.41) is 0. The lowest BCUT2D eigenvalue weighted by Crippen LogP contribution is -2.11. The van der Waals surface area contributed by atoms with Crippen molar-refractivity contribution in [3.8, 4) is 0 Å². The molecule has 0 aromatic heterocycles. The predicted molar refractivity (Wildman–Crippen MR) is 122 cm³/mol. The largest absolute Gasteiger partial charge is 0.310 e. The van der Waals surface area contributed by atoms with Gasteiger partial charge in [0.15, 0.2) is 0 Å². The van der Waals surface area contributed by atoms with Crippen molar-refractivity contribution in [2.24, 2.45) is 0 Å². The molecule has 0 spiro atoms. The molecule has 0 atom stereocenters. The van der Waals surface area contributed by atoms with E-state index in [1.807, 2.05) is 19.1 Å². The molecule has 0 N–H and O–H groups in total. The fourth-order valence-electron chi connectivity index (χ4n) is 3.22. The fourth-order valence-corrected chi connectivity index (χ4v) is 3.49. The van der Waals surface area contributed by atoms with Crippen molar-refractivity contribution in [3.63, 3.8) is 0 Å². The van der Waals surface area contributed by atoms with Crippen LogP contribution in [0.25, 0.3) is 5.57 Å². The van der Waals surface area contributed by atoms with Gasteiger partial charge in [-0.1, -0.05) is 48.6 Å². The van der Waals surface area contributed by atoms with Crippen LogP contribution in [-0.2, 0) is 0 Å². The van der Waals surface area contributed by atoms with Gasteiger partial charge < -0.3 is 4.90 Å². The molecule has 0 fully saturated rings. The van der Waals surface area contributed by atoms with Gasteiger partial charge in [-0.25, -0.2) is 0 Å². The van der Waals surface area contributed by atoms with Crippen molar-refractivity contribution >= 4 is 35.3 Å². The monoisotopic (exact) mass is 371 g/mol. The van der Waals surface area contributed by atoms with Gasteiger partial charge in [0.05, 0.1) is 0 Å². The Bertz CT molecular complexity index is 966. The van der Waals surface area contributed by atoms with Crippen LogP contribution in [0.3, 0.4) is 0 Å². The van der Waals surface area contributed by atoms with E-state index in [1.165, 1.54) is 16.7 Å². The van der Waals surface area contributed by atoms with Crippen molar-refractivity contribution in [2.75, 3.05) is 4.90 Å². The second-order valence-electron chi connectivity index (χ2n) is 6.64. The minimum atomic E-state index is 0.971. The summed E-state index contributed by atoms with van der Waals surface area (Å²) in [4.78, 5) is 3.26. The van der Waals surface area contributed by atoms with Crippen LogP contribution >= 0.6 is 12.6 Å². The summed E-state index contributed by atoms with van der Waals surface area (Å²) in [6.07, 6.45) is 3.97. The van der Waals surface area contributed by atoms with Crippen LogP contribution in [-0.4, -0.2) is 0 Å². The zero-order valence-corrected chi connectivity index (χ0v) is 17.0. The number of hydrogen-bond acceptors (Lipinski definition) is 2. The van der Waals surface area contributed by atoms with Gasteiger partial charge in [-0.15, -0.1) is 12.6 Å². The number of nitrogens with zero attached hydrogens (tertiary/aromatic N) is 1. The molecule has 1 nitrogen and oxygen atoms in total. The standard InChI is InChI=1S/C25H25NS/c1-5-20(6-2)21-9-13-23(14-10-21)26(22-11-7-18(3)8-12-22)25-16-15-24(27)17-19(25)4/h5-17,27H,1H2,2-4H3/b20-6+. The number of hydrogen-bond donors (Lipinski definition) is 1. The summed E-state index contributed by atoms with van der Waals surface area (Å²) in [5.41, 5.74) is 8.16. The summed E-state index contributed by atoms with van der Waals surface area (Å²) in [5.74, 6) is 0. The average molecular weight is 372 g/mol. The third-order valence-electron chi connectivity index (χ3n) is 4.70. The van der Waals surface area contributed by atoms with E-state index in [1.54, 1.807) is 0 Å². The molecule has 3 aromatic rings. The summed E-state index contributed by atoms with van der Waals surface area (Å²) < 4.78 is 0. The molecule has 136 valence electrons. The molecule has 0 radical (unpaired) electrons. The number of allylic oxidation sites excluding steroid dienone is 3. The quantitative estimate of drug-likeness (QED) is 0.356. The third-order valence-corrected chi connectivity index (χ3v) is 4.98. The molecule has 0 unspecified atom stereocenters. The Morgan fingerprint density at radius 2 is 1.48 bits per heavy atom. The first kappa shape index (κ1) is 19.1. The molecule has 0 heterocycles. The van der Waals surface area contributed by atoms with Gasteiger partial charge >= 0.3 is 0 Å². The molecule has 0 saturated heterocycles. The van der Waals surface area contributed by atoms with Gasteiger partial charge in [0, 0.05) is 22.0 Å². The van der Waals surface area contributed by atoms with Crippen LogP contribution in [0.1, 0.15) is 23.6 Å². The van der Waals surface area contributed by atoms with E-state index in [0.29, 0.717) is 0 Å². The first-order chi connectivity index (χ1) is 13.0. The van der Waals surface area contributed by atoms with Gasteiger partial charge in [-0.05, 0) is 79.9 Å². The van der Waals surface area contributed by atoms with Crippen LogP contribution in [0.2, 0.25) is 0 Å². The van der Waals surface area contributed by atoms with E-state index < -0.39 is 0 Å². The minimum Gasteiger partial charge on any atom is -0.310 e. The van der Waals surface area contributed by atoms with Crippen LogP contribution < -0.4 is 4.90 Å². The van der Waals surface area contributed by atoms with E-state index in [2.05, 4.69) is 105 Å². The molecule has 0 amide bonds. The second kappa shape index (κ2) is 8.32. The van der Waals surface area contributed by atoms with Gasteiger partial charge in [0.2, 0.25) is 0 Å². The maximum atomic E-state index is 4.48. The van der Waals surface area contributed by atoms with Crippen molar-refractivity contribution in [2.45, 2.75) is 25.7 Å². The molecule has 3 aromatic carbocycles. The van der Waals surface area contributed by atoms with Crippen LogP contribution in [0.4, 0.5) is 17.1 Å². The fraction of sp³-hybridized carbons (Fsp3) is 0.120. The van der Waals surface area contributed by atoms with Crippen LogP contribution in [0, 0.1) is 13.8 Å². The SMILES string of the molecule is C=C/C(=C\C)c1ccc(N(c2ccc(C)cc2)c2ccc(S)cc2C)cc1. The topological polar surface area (TPSA) is 3.24 Å². The average Bonchev–Trinajstić information content (AvgIpc) is 2.67. The van der Waals surface area contributed by atoms with Gasteiger partial charge in [-0.2, -0.15) is 0 Å². The number of rotatable bonds is 5. The van der Waals surface area contributed by atoms with E-state index in [9.17, 15) is 0 Å². The van der Waals surface area contributed by atoms with Crippen molar-refractivity contribution < 1.29 is 0 Å². The summed E-state index contributed by atoms with van der Waals surface area (Å²) in [6, 6.07) is 23.5. The van der Waals surface area contributed by atoms with E-state index in [0.717, 1.165) is 27.5 Å². The lowest BCUT2D eigenvalue weighted by molar-refractivity contribution is 1.23. The number of aryl methyl sites for hydroxylation is 2. The summed E-state index contributed by atoms with van der Waals surface area (Å²) in [6.45, 7) is 10.2. The lowest BCUT2D eigenvalue weighted by atomic mass is 10.0. The first-order valence-electron chi connectivity index (χ1n) is 9.09. The molecule has 3 rings (SSSR count). The maximum Gasteiger partial charge on any atom is 0.0491 e. The van der Waals surface area contributed by atoms with Crippen LogP contribution in [0.5, 0.6) is 0 Å². The molecule has 2 heteroatoms. The van der Waals surface area contributed by atoms with Crippen molar-refractivity contribution in [3.05, 3.63) is 102 Å². The summed E-state index contributed by atoms with van der Waals surface area (Å²) in [7, 11) is 0. The molecule has 0 saturated carbocycles. The van der Waals surface area contributed by atoms with Gasteiger partial charge in [-0.3, -0.25) is 0 Å². The number of anilines is 3. The Morgan fingerprint density at radius 1 is 0.889 bits per heavy atom. The Hall–Kier alpha value is -2.71. The first-order valence-corrected chi connectivity index (χ1v) is 9.54. The number of thiol groups is 1. The molecule has 27 heavy (non-hydrogen) atoms. The summed E-state index contributed by atoms with van der Waals surface area (Å²) >= 11 is 4.48. The molecule has 0 bridgehead atoms. The van der Waals surface area contributed by atoms with E-state index in [4.69, 9.17) is 0 Å². The predicted octanol–water partition coefficient (Wildman–Crippen LogP) is 7.65. The highest BCUT2D eigenvalue weighted by atomic mass is 32.1. The Labute approximate surface area is 168 Å². The normalized spacial score (nSPS) is 11.3. The zero-order chi connectivity index (χ0) is 19.4. The van der Waals surface area contributed by atoms with Gasteiger partial charge in [0.25, 0.3) is 0 Å².